The van der Waals surface area contributed by atoms with Crippen molar-refractivity contribution in [2.24, 2.45) is 0 Å². The number of pyridine rings is 1. The van der Waals surface area contributed by atoms with Crippen LogP contribution in [0, 0.1) is 11.3 Å². The first kappa shape index (κ1) is 16.0. The van der Waals surface area contributed by atoms with Crippen LogP contribution >= 0.6 is 0 Å². The molecule has 1 heterocycles. The van der Waals surface area contributed by atoms with Crippen LogP contribution in [0.5, 0.6) is 0 Å². The molecule has 0 saturated heterocycles. The number of hydrogen-bond donors (Lipinski definition) is 1. The van der Waals surface area contributed by atoms with Crippen LogP contribution < -0.4 is 5.32 Å². The number of nitriles is 1. The third-order valence-corrected chi connectivity index (χ3v) is 4.22. The summed E-state index contributed by atoms with van der Waals surface area (Å²) in [6, 6.07) is 15.3. The number of rotatable bonds is 6. The number of carbonyl (C=O) groups is 1. The predicted octanol–water partition coefficient (Wildman–Crippen LogP) is 3.12. The average molecular weight is 320 g/mol. The molecule has 1 unspecified atom stereocenters. The van der Waals surface area contributed by atoms with Crippen molar-refractivity contribution in [2.45, 2.75) is 31.8 Å². The molecule has 1 aliphatic carbocycles. The molecule has 5 nitrogen and oxygen atoms in total. The molecule has 1 aromatic heterocycles. The van der Waals surface area contributed by atoms with Crippen LogP contribution in [0.25, 0.3) is 0 Å². The van der Waals surface area contributed by atoms with Crippen LogP contribution in [0.1, 0.15) is 37.1 Å². The van der Waals surface area contributed by atoms with Gasteiger partial charge in [-0.3, -0.25) is 9.78 Å². The molecule has 1 aromatic carbocycles. The van der Waals surface area contributed by atoms with Gasteiger partial charge in [-0.05, 0) is 56.2 Å². The number of carbonyl (C=O) groups excluding carboxylic acids is 1. The Morgan fingerprint density at radius 1 is 1.33 bits per heavy atom. The van der Waals surface area contributed by atoms with Gasteiger partial charge in [-0.2, -0.15) is 5.26 Å². The highest BCUT2D eigenvalue weighted by molar-refractivity contribution is 5.82. The van der Waals surface area contributed by atoms with Crippen molar-refractivity contribution in [2.75, 3.05) is 11.9 Å². The maximum atomic E-state index is 12.7. The second-order valence-electron chi connectivity index (χ2n) is 6.01. The van der Waals surface area contributed by atoms with Gasteiger partial charge in [0.2, 0.25) is 5.91 Å². The number of anilines is 1. The number of benzene rings is 1. The molecule has 122 valence electrons. The lowest BCUT2D eigenvalue weighted by Crippen LogP contribution is -2.39. The third-order valence-electron chi connectivity index (χ3n) is 4.22. The monoisotopic (exact) mass is 320 g/mol. The second-order valence-corrected chi connectivity index (χ2v) is 6.01. The number of amides is 1. The molecule has 1 aliphatic rings. The summed E-state index contributed by atoms with van der Waals surface area (Å²) in [6.07, 6.45) is 3.87. The van der Waals surface area contributed by atoms with Crippen molar-refractivity contribution in [3.05, 3.63) is 59.9 Å². The van der Waals surface area contributed by atoms with Gasteiger partial charge in [0.05, 0.1) is 29.9 Å². The fourth-order valence-corrected chi connectivity index (χ4v) is 2.79. The lowest BCUT2D eigenvalue weighted by atomic mass is 10.1. The summed E-state index contributed by atoms with van der Waals surface area (Å²) >= 11 is 0. The van der Waals surface area contributed by atoms with Gasteiger partial charge in [0.15, 0.2) is 0 Å². The largest absolute Gasteiger partial charge is 0.376 e. The summed E-state index contributed by atoms with van der Waals surface area (Å²) in [5, 5.41) is 12.0. The van der Waals surface area contributed by atoms with Gasteiger partial charge < -0.3 is 10.2 Å². The summed E-state index contributed by atoms with van der Waals surface area (Å²) in [7, 11) is 0. The van der Waals surface area contributed by atoms with E-state index in [1.807, 2.05) is 42.2 Å². The Labute approximate surface area is 141 Å². The predicted molar refractivity (Wildman–Crippen MR) is 92.2 cm³/mol. The Morgan fingerprint density at radius 3 is 2.67 bits per heavy atom. The van der Waals surface area contributed by atoms with Crippen molar-refractivity contribution in [3.8, 4) is 6.07 Å². The molecule has 1 saturated carbocycles. The van der Waals surface area contributed by atoms with E-state index in [-0.39, 0.29) is 18.5 Å². The van der Waals surface area contributed by atoms with E-state index in [1.54, 1.807) is 18.3 Å². The Morgan fingerprint density at radius 2 is 2.08 bits per heavy atom. The molecule has 3 rings (SSSR count). The van der Waals surface area contributed by atoms with Crippen molar-refractivity contribution in [1.29, 1.82) is 5.26 Å². The Kier molecular flexibility index (Phi) is 4.76. The first-order valence-electron chi connectivity index (χ1n) is 8.15. The maximum absolute atomic E-state index is 12.7. The van der Waals surface area contributed by atoms with Crippen LogP contribution in [0.15, 0.2) is 48.7 Å². The van der Waals surface area contributed by atoms with Crippen LogP contribution in [-0.2, 0) is 4.79 Å². The van der Waals surface area contributed by atoms with Crippen LogP contribution in [0.4, 0.5) is 5.69 Å². The van der Waals surface area contributed by atoms with Crippen LogP contribution in [0.3, 0.4) is 0 Å². The zero-order chi connectivity index (χ0) is 16.9. The summed E-state index contributed by atoms with van der Waals surface area (Å²) in [5.41, 5.74) is 2.36. The summed E-state index contributed by atoms with van der Waals surface area (Å²) in [5.74, 6) is 0.0695. The highest BCUT2D eigenvalue weighted by Crippen LogP contribution is 2.33. The first-order valence-corrected chi connectivity index (χ1v) is 8.15. The molecular formula is C19H20N4O. The lowest BCUT2D eigenvalue weighted by molar-refractivity contribution is -0.132. The molecule has 0 spiro atoms. The number of hydrogen-bond acceptors (Lipinski definition) is 4. The highest BCUT2D eigenvalue weighted by atomic mass is 16.2. The molecule has 1 atom stereocenters. The van der Waals surface area contributed by atoms with Crippen molar-refractivity contribution in [3.63, 3.8) is 0 Å². The zero-order valence-electron chi connectivity index (χ0n) is 13.6. The zero-order valence-corrected chi connectivity index (χ0v) is 13.6. The lowest BCUT2D eigenvalue weighted by Gasteiger charge is -2.29. The number of nitrogens with one attached hydrogen (secondary N) is 1. The molecule has 1 amide bonds. The molecule has 0 aliphatic heterocycles. The van der Waals surface area contributed by atoms with E-state index in [2.05, 4.69) is 16.4 Å². The Hall–Kier alpha value is -2.87. The van der Waals surface area contributed by atoms with E-state index in [4.69, 9.17) is 5.26 Å². The van der Waals surface area contributed by atoms with Gasteiger partial charge in [-0.15, -0.1) is 0 Å². The summed E-state index contributed by atoms with van der Waals surface area (Å²) < 4.78 is 0. The van der Waals surface area contributed by atoms with Gasteiger partial charge in [0.1, 0.15) is 0 Å². The molecule has 2 aromatic rings. The normalized spacial score (nSPS) is 14.5. The SMILES string of the molecule is CC(c1ccccn1)N(C(=O)CNc1ccc(C#N)cc1)C1CC1. The highest BCUT2D eigenvalue weighted by Gasteiger charge is 2.36. The minimum absolute atomic E-state index is 0.0334. The molecule has 0 bridgehead atoms. The van der Waals surface area contributed by atoms with Gasteiger partial charge in [0.25, 0.3) is 0 Å². The first-order chi connectivity index (χ1) is 11.7. The van der Waals surface area contributed by atoms with Crippen molar-refractivity contribution in [1.82, 2.24) is 9.88 Å². The minimum Gasteiger partial charge on any atom is -0.376 e. The van der Waals surface area contributed by atoms with Gasteiger partial charge >= 0.3 is 0 Å². The second kappa shape index (κ2) is 7.14. The van der Waals surface area contributed by atoms with Gasteiger partial charge in [-0.25, -0.2) is 0 Å². The molecule has 24 heavy (non-hydrogen) atoms. The van der Waals surface area contributed by atoms with Crippen molar-refractivity contribution >= 4 is 11.6 Å². The van der Waals surface area contributed by atoms with Gasteiger partial charge in [0, 0.05) is 17.9 Å². The average Bonchev–Trinajstić information content (AvgIpc) is 3.46. The molecule has 0 radical (unpaired) electrons. The summed E-state index contributed by atoms with van der Waals surface area (Å²) in [6.45, 7) is 2.26. The van der Waals surface area contributed by atoms with E-state index < -0.39 is 0 Å². The van der Waals surface area contributed by atoms with E-state index >= 15 is 0 Å². The number of aromatic nitrogens is 1. The quantitative estimate of drug-likeness (QED) is 0.888. The standard InChI is InChI=1S/C19H20N4O/c1-14(18-4-2-3-11-21-18)23(17-9-10-17)19(24)13-22-16-7-5-15(12-20)6-8-16/h2-8,11,14,17,22H,9-10,13H2,1H3. The molecule has 1 fully saturated rings. The fraction of sp³-hybridized carbons (Fsp3) is 0.316. The van der Waals surface area contributed by atoms with Crippen LogP contribution in [0.2, 0.25) is 0 Å². The van der Waals surface area contributed by atoms with Gasteiger partial charge in [-0.1, -0.05) is 6.07 Å². The molecule has 5 heteroatoms. The van der Waals surface area contributed by atoms with E-state index in [9.17, 15) is 4.79 Å². The fourth-order valence-electron chi connectivity index (χ4n) is 2.79. The Bertz CT molecular complexity index is 732. The minimum atomic E-state index is -0.0334. The smallest absolute Gasteiger partial charge is 0.242 e. The van der Waals surface area contributed by atoms with E-state index in [0.29, 0.717) is 11.6 Å². The van der Waals surface area contributed by atoms with Crippen molar-refractivity contribution < 1.29 is 4.79 Å². The molecule has 1 N–H and O–H groups in total. The topological polar surface area (TPSA) is 69.0 Å². The van der Waals surface area contributed by atoms with E-state index in [0.717, 1.165) is 24.2 Å². The third kappa shape index (κ3) is 3.72. The maximum Gasteiger partial charge on any atom is 0.242 e. The molecular weight excluding hydrogens is 300 g/mol. The van der Waals surface area contributed by atoms with E-state index in [1.165, 1.54) is 0 Å². The summed E-state index contributed by atoms with van der Waals surface area (Å²) in [4.78, 5) is 19.0. The Balaban J connectivity index is 1.65. The number of nitrogens with zero attached hydrogens (tertiary/aromatic N) is 3. The van der Waals surface area contributed by atoms with Crippen LogP contribution in [-0.4, -0.2) is 28.4 Å².